The van der Waals surface area contributed by atoms with Crippen LogP contribution in [-0.4, -0.2) is 45.2 Å². The summed E-state index contributed by atoms with van der Waals surface area (Å²) in [6, 6.07) is 0. The molecule has 1 N–H and O–H groups in total. The van der Waals surface area contributed by atoms with E-state index < -0.39 is 0 Å². The van der Waals surface area contributed by atoms with Crippen LogP contribution >= 0.6 is 0 Å². The van der Waals surface area contributed by atoms with Crippen LogP contribution < -0.4 is 5.32 Å². The predicted octanol–water partition coefficient (Wildman–Crippen LogP) is 2.06. The molecular weight excluding hydrogens is 302 g/mol. The van der Waals surface area contributed by atoms with Gasteiger partial charge in [0.05, 0.1) is 6.54 Å². The number of likely N-dealkylation sites (tertiary alicyclic amines) is 1. The first-order valence-corrected chi connectivity index (χ1v) is 9.74. The van der Waals surface area contributed by atoms with Crippen molar-refractivity contribution in [3.8, 4) is 0 Å². The fourth-order valence-corrected chi connectivity index (χ4v) is 4.56. The minimum absolute atomic E-state index is 0.288. The first-order valence-electron chi connectivity index (χ1n) is 9.74. The number of rotatable bonds is 2. The van der Waals surface area contributed by atoms with Gasteiger partial charge in [-0.2, -0.15) is 0 Å². The standard InChI is InChI=1S/C18H29N5O/c24-18(15-5-3-1-2-4-6-15)22-10-7-14(8-11-22)17-21-20-16-13-19-9-12-23(16)17/h14-15,19H,1-13H2. The zero-order valence-corrected chi connectivity index (χ0v) is 14.5. The Labute approximate surface area is 144 Å². The van der Waals surface area contributed by atoms with E-state index in [4.69, 9.17) is 0 Å². The van der Waals surface area contributed by atoms with Crippen molar-refractivity contribution in [2.24, 2.45) is 5.92 Å². The molecule has 0 bridgehead atoms. The number of nitrogens with zero attached hydrogens (tertiary/aromatic N) is 4. The van der Waals surface area contributed by atoms with E-state index in [1.54, 1.807) is 0 Å². The van der Waals surface area contributed by atoms with Crippen LogP contribution in [0.15, 0.2) is 0 Å². The van der Waals surface area contributed by atoms with Gasteiger partial charge in [0.1, 0.15) is 11.6 Å². The van der Waals surface area contributed by atoms with Crippen LogP contribution in [0.25, 0.3) is 0 Å². The predicted molar refractivity (Wildman–Crippen MR) is 91.5 cm³/mol. The van der Waals surface area contributed by atoms with Crippen molar-refractivity contribution >= 4 is 5.91 Å². The summed E-state index contributed by atoms with van der Waals surface area (Å²) in [6.07, 6.45) is 9.33. The molecule has 2 fully saturated rings. The van der Waals surface area contributed by atoms with E-state index in [1.807, 2.05) is 0 Å². The molecule has 1 aromatic heterocycles. The monoisotopic (exact) mass is 331 g/mol. The average Bonchev–Trinajstić information content (AvgIpc) is 2.87. The summed E-state index contributed by atoms with van der Waals surface area (Å²) >= 11 is 0. The van der Waals surface area contributed by atoms with E-state index in [-0.39, 0.29) is 5.92 Å². The summed E-state index contributed by atoms with van der Waals surface area (Å²) in [6.45, 7) is 4.57. The summed E-state index contributed by atoms with van der Waals surface area (Å²) in [5.41, 5.74) is 0. The first kappa shape index (κ1) is 16.1. The number of carbonyl (C=O) groups excluding carboxylic acids is 1. The van der Waals surface area contributed by atoms with Gasteiger partial charge < -0.3 is 14.8 Å². The Bertz CT molecular complexity index is 568. The molecule has 24 heavy (non-hydrogen) atoms. The minimum atomic E-state index is 0.288. The summed E-state index contributed by atoms with van der Waals surface area (Å²) in [5.74, 6) is 3.38. The van der Waals surface area contributed by atoms with Gasteiger partial charge in [-0.15, -0.1) is 10.2 Å². The Morgan fingerprint density at radius 1 is 0.958 bits per heavy atom. The molecule has 2 aliphatic heterocycles. The molecule has 0 unspecified atom stereocenters. The molecular formula is C18H29N5O. The Kier molecular flexibility index (Phi) is 4.83. The third kappa shape index (κ3) is 3.21. The van der Waals surface area contributed by atoms with Gasteiger partial charge in [0, 0.05) is 38.0 Å². The maximum absolute atomic E-state index is 12.8. The smallest absolute Gasteiger partial charge is 0.225 e. The van der Waals surface area contributed by atoms with Crippen LogP contribution in [0.1, 0.15) is 68.9 Å². The summed E-state index contributed by atoms with van der Waals surface area (Å²) in [5, 5.41) is 12.1. The lowest BCUT2D eigenvalue weighted by molar-refractivity contribution is -0.137. The van der Waals surface area contributed by atoms with E-state index in [0.717, 1.165) is 70.1 Å². The van der Waals surface area contributed by atoms with Gasteiger partial charge in [0.25, 0.3) is 0 Å². The van der Waals surface area contributed by atoms with Gasteiger partial charge in [-0.3, -0.25) is 4.79 Å². The highest BCUT2D eigenvalue weighted by Crippen LogP contribution is 2.30. The molecule has 3 heterocycles. The molecule has 1 aliphatic carbocycles. The molecule has 132 valence electrons. The van der Waals surface area contributed by atoms with E-state index in [0.29, 0.717) is 11.8 Å². The molecule has 1 saturated heterocycles. The summed E-state index contributed by atoms with van der Waals surface area (Å²) in [7, 11) is 0. The third-order valence-electron chi connectivity index (χ3n) is 6.03. The van der Waals surface area contributed by atoms with Crippen molar-refractivity contribution in [1.82, 2.24) is 25.0 Å². The molecule has 0 aromatic carbocycles. The molecule has 0 spiro atoms. The Morgan fingerprint density at radius 3 is 2.46 bits per heavy atom. The second-order valence-corrected chi connectivity index (χ2v) is 7.59. The van der Waals surface area contributed by atoms with E-state index in [1.165, 1.54) is 25.7 Å². The van der Waals surface area contributed by atoms with Gasteiger partial charge in [-0.25, -0.2) is 0 Å². The number of carbonyl (C=O) groups is 1. The first-order chi connectivity index (χ1) is 11.8. The van der Waals surface area contributed by atoms with Gasteiger partial charge in [-0.1, -0.05) is 25.7 Å². The van der Waals surface area contributed by atoms with Crippen LogP contribution in [0.4, 0.5) is 0 Å². The number of amides is 1. The Morgan fingerprint density at radius 2 is 1.71 bits per heavy atom. The molecule has 4 rings (SSSR count). The minimum Gasteiger partial charge on any atom is -0.342 e. The van der Waals surface area contributed by atoms with Crippen molar-refractivity contribution in [2.45, 2.75) is 70.4 Å². The Balaban J connectivity index is 1.36. The molecule has 1 saturated carbocycles. The highest BCUT2D eigenvalue weighted by atomic mass is 16.2. The fourth-order valence-electron chi connectivity index (χ4n) is 4.56. The zero-order valence-electron chi connectivity index (χ0n) is 14.5. The molecule has 6 nitrogen and oxygen atoms in total. The SMILES string of the molecule is O=C(C1CCCCCC1)N1CCC(c2nnc3n2CCNC3)CC1. The molecule has 6 heteroatoms. The lowest BCUT2D eigenvalue weighted by atomic mass is 9.93. The van der Waals surface area contributed by atoms with E-state index >= 15 is 0 Å². The highest BCUT2D eigenvalue weighted by Gasteiger charge is 2.31. The van der Waals surface area contributed by atoms with Crippen molar-refractivity contribution in [1.29, 1.82) is 0 Å². The normalized spacial score (nSPS) is 23.8. The fraction of sp³-hybridized carbons (Fsp3) is 0.833. The van der Waals surface area contributed by atoms with Crippen LogP contribution in [0.5, 0.6) is 0 Å². The van der Waals surface area contributed by atoms with Crippen LogP contribution in [-0.2, 0) is 17.9 Å². The number of fused-ring (bicyclic) bond motifs is 1. The quantitative estimate of drug-likeness (QED) is 0.843. The van der Waals surface area contributed by atoms with Gasteiger partial charge in [0.2, 0.25) is 5.91 Å². The number of nitrogens with one attached hydrogen (secondary N) is 1. The highest BCUT2D eigenvalue weighted by molar-refractivity contribution is 5.79. The average molecular weight is 331 g/mol. The van der Waals surface area contributed by atoms with E-state index in [9.17, 15) is 4.79 Å². The molecule has 0 radical (unpaired) electrons. The largest absolute Gasteiger partial charge is 0.342 e. The van der Waals surface area contributed by atoms with Crippen molar-refractivity contribution in [2.75, 3.05) is 19.6 Å². The molecule has 3 aliphatic rings. The van der Waals surface area contributed by atoms with Crippen LogP contribution in [0.3, 0.4) is 0 Å². The maximum Gasteiger partial charge on any atom is 0.225 e. The lowest BCUT2D eigenvalue weighted by Crippen LogP contribution is -2.42. The lowest BCUT2D eigenvalue weighted by Gasteiger charge is -2.34. The van der Waals surface area contributed by atoms with E-state index in [2.05, 4.69) is 25.0 Å². The Hall–Kier alpha value is -1.43. The number of hydrogen-bond donors (Lipinski definition) is 1. The second-order valence-electron chi connectivity index (χ2n) is 7.59. The maximum atomic E-state index is 12.8. The summed E-state index contributed by atoms with van der Waals surface area (Å²) in [4.78, 5) is 14.9. The molecule has 1 amide bonds. The number of piperidine rings is 1. The molecule has 1 aromatic rings. The van der Waals surface area contributed by atoms with Gasteiger partial charge in [-0.05, 0) is 25.7 Å². The topological polar surface area (TPSA) is 63.1 Å². The van der Waals surface area contributed by atoms with Crippen LogP contribution in [0.2, 0.25) is 0 Å². The van der Waals surface area contributed by atoms with Crippen molar-refractivity contribution < 1.29 is 4.79 Å². The van der Waals surface area contributed by atoms with Gasteiger partial charge >= 0.3 is 0 Å². The van der Waals surface area contributed by atoms with Crippen LogP contribution in [0, 0.1) is 5.92 Å². The number of hydrogen-bond acceptors (Lipinski definition) is 4. The number of aromatic nitrogens is 3. The summed E-state index contributed by atoms with van der Waals surface area (Å²) < 4.78 is 2.30. The van der Waals surface area contributed by atoms with Gasteiger partial charge in [0.15, 0.2) is 0 Å². The molecule has 0 atom stereocenters. The zero-order chi connectivity index (χ0) is 16.4. The third-order valence-corrected chi connectivity index (χ3v) is 6.03. The van der Waals surface area contributed by atoms with Crippen molar-refractivity contribution in [3.63, 3.8) is 0 Å². The second kappa shape index (κ2) is 7.21. The van der Waals surface area contributed by atoms with Crippen molar-refractivity contribution in [3.05, 3.63) is 11.6 Å².